The molecule has 0 saturated carbocycles. The number of nitrogens with zero attached hydrogens (tertiary/aromatic N) is 3. The predicted molar refractivity (Wildman–Crippen MR) is 62.1 cm³/mol. The maximum absolute atomic E-state index is 5.74. The molecular weight excluding hydrogens is 204 g/mol. The lowest BCUT2D eigenvalue weighted by Crippen LogP contribution is -2.09. The summed E-state index contributed by atoms with van der Waals surface area (Å²) in [7, 11) is 1.70. The highest BCUT2D eigenvalue weighted by Crippen LogP contribution is 2.11. The van der Waals surface area contributed by atoms with Gasteiger partial charge in [-0.2, -0.15) is 0 Å². The van der Waals surface area contributed by atoms with E-state index in [1.807, 2.05) is 22.7 Å². The molecule has 0 spiro atoms. The Morgan fingerprint density at radius 2 is 2.25 bits per heavy atom. The van der Waals surface area contributed by atoms with Gasteiger partial charge in [0.25, 0.3) is 0 Å². The van der Waals surface area contributed by atoms with E-state index in [1.165, 1.54) is 0 Å². The SMILES string of the molecule is COCC(C)Cc1nnc2ccc(N)cn12. The number of hydrogen-bond donors (Lipinski definition) is 1. The summed E-state index contributed by atoms with van der Waals surface area (Å²) in [6, 6.07) is 3.69. The Kier molecular flexibility index (Phi) is 3.05. The molecule has 86 valence electrons. The fourth-order valence-electron chi connectivity index (χ4n) is 1.75. The number of nitrogens with two attached hydrogens (primary N) is 1. The predicted octanol–water partition coefficient (Wildman–Crippen LogP) is 1.14. The first-order valence-corrected chi connectivity index (χ1v) is 5.28. The summed E-state index contributed by atoms with van der Waals surface area (Å²) >= 11 is 0. The van der Waals surface area contributed by atoms with E-state index in [0.29, 0.717) is 11.6 Å². The Labute approximate surface area is 94.2 Å². The van der Waals surface area contributed by atoms with Gasteiger partial charge >= 0.3 is 0 Å². The molecule has 2 aromatic heterocycles. The normalized spacial score (nSPS) is 13.1. The van der Waals surface area contributed by atoms with Crippen molar-refractivity contribution in [3.63, 3.8) is 0 Å². The minimum atomic E-state index is 0.416. The van der Waals surface area contributed by atoms with Gasteiger partial charge < -0.3 is 10.5 Å². The van der Waals surface area contributed by atoms with Crippen LogP contribution in [0.3, 0.4) is 0 Å². The molecular formula is C11H16N4O. The molecule has 0 aliphatic heterocycles. The number of hydrogen-bond acceptors (Lipinski definition) is 4. The topological polar surface area (TPSA) is 65.4 Å². The van der Waals surface area contributed by atoms with Gasteiger partial charge in [0.1, 0.15) is 5.82 Å². The molecule has 5 nitrogen and oxygen atoms in total. The summed E-state index contributed by atoms with van der Waals surface area (Å²) in [6.07, 6.45) is 2.68. The molecule has 16 heavy (non-hydrogen) atoms. The van der Waals surface area contributed by atoms with E-state index >= 15 is 0 Å². The van der Waals surface area contributed by atoms with Crippen molar-refractivity contribution in [3.05, 3.63) is 24.2 Å². The molecule has 2 rings (SSSR count). The van der Waals surface area contributed by atoms with E-state index in [1.54, 1.807) is 7.11 Å². The highest BCUT2D eigenvalue weighted by atomic mass is 16.5. The third-order valence-corrected chi connectivity index (χ3v) is 2.48. The number of nitrogen functional groups attached to an aromatic ring is 1. The Morgan fingerprint density at radius 1 is 1.44 bits per heavy atom. The average Bonchev–Trinajstić information content (AvgIpc) is 2.61. The highest BCUT2D eigenvalue weighted by Gasteiger charge is 2.10. The van der Waals surface area contributed by atoms with Crippen molar-refractivity contribution >= 4 is 11.3 Å². The van der Waals surface area contributed by atoms with Gasteiger partial charge in [-0.15, -0.1) is 10.2 Å². The molecule has 0 aliphatic carbocycles. The summed E-state index contributed by atoms with van der Waals surface area (Å²) in [6.45, 7) is 2.84. The second-order valence-electron chi connectivity index (χ2n) is 4.07. The van der Waals surface area contributed by atoms with Crippen LogP contribution in [0.15, 0.2) is 18.3 Å². The first kappa shape index (κ1) is 10.9. The smallest absolute Gasteiger partial charge is 0.160 e. The molecule has 0 aromatic carbocycles. The number of rotatable bonds is 4. The van der Waals surface area contributed by atoms with Crippen molar-refractivity contribution in [2.45, 2.75) is 13.3 Å². The third kappa shape index (κ3) is 2.14. The Hall–Kier alpha value is -1.62. The fourth-order valence-corrected chi connectivity index (χ4v) is 1.75. The lowest BCUT2D eigenvalue weighted by atomic mass is 10.1. The van der Waals surface area contributed by atoms with E-state index in [2.05, 4.69) is 17.1 Å². The van der Waals surface area contributed by atoms with Crippen LogP contribution >= 0.6 is 0 Å². The van der Waals surface area contributed by atoms with E-state index in [4.69, 9.17) is 10.5 Å². The number of aromatic nitrogens is 3. The lowest BCUT2D eigenvalue weighted by molar-refractivity contribution is 0.158. The summed E-state index contributed by atoms with van der Waals surface area (Å²) < 4.78 is 7.04. The molecule has 2 aromatic rings. The van der Waals surface area contributed by atoms with Crippen molar-refractivity contribution in [2.24, 2.45) is 5.92 Å². The fraction of sp³-hybridized carbons (Fsp3) is 0.455. The zero-order chi connectivity index (χ0) is 11.5. The number of ether oxygens (including phenoxy) is 1. The van der Waals surface area contributed by atoms with Gasteiger partial charge in [-0.05, 0) is 18.1 Å². The molecule has 1 atom stereocenters. The standard InChI is InChI=1S/C11H16N4O/c1-8(7-16-2)5-11-14-13-10-4-3-9(12)6-15(10)11/h3-4,6,8H,5,7,12H2,1-2H3. The van der Waals surface area contributed by atoms with Crippen molar-refractivity contribution in [1.29, 1.82) is 0 Å². The minimum absolute atomic E-state index is 0.416. The van der Waals surface area contributed by atoms with Crippen LogP contribution in [0, 0.1) is 5.92 Å². The van der Waals surface area contributed by atoms with Gasteiger partial charge in [0.2, 0.25) is 0 Å². The van der Waals surface area contributed by atoms with E-state index < -0.39 is 0 Å². The molecule has 2 heterocycles. The largest absolute Gasteiger partial charge is 0.398 e. The molecule has 0 bridgehead atoms. The Morgan fingerprint density at radius 3 is 3.00 bits per heavy atom. The first-order chi connectivity index (χ1) is 7.70. The van der Waals surface area contributed by atoms with Crippen LogP contribution in [0.4, 0.5) is 5.69 Å². The third-order valence-electron chi connectivity index (χ3n) is 2.48. The Balaban J connectivity index is 2.27. The molecule has 0 saturated heterocycles. The van der Waals surface area contributed by atoms with Crippen molar-refractivity contribution in [1.82, 2.24) is 14.6 Å². The minimum Gasteiger partial charge on any atom is -0.398 e. The molecule has 0 radical (unpaired) electrons. The maximum atomic E-state index is 5.74. The molecule has 1 unspecified atom stereocenters. The van der Waals surface area contributed by atoms with E-state index in [0.717, 1.165) is 24.5 Å². The zero-order valence-electron chi connectivity index (χ0n) is 9.55. The second-order valence-corrected chi connectivity index (χ2v) is 4.07. The number of fused-ring (bicyclic) bond motifs is 1. The molecule has 0 amide bonds. The number of anilines is 1. The van der Waals surface area contributed by atoms with Crippen molar-refractivity contribution in [2.75, 3.05) is 19.5 Å². The van der Waals surface area contributed by atoms with Gasteiger partial charge in [0.05, 0.1) is 0 Å². The quantitative estimate of drug-likeness (QED) is 0.839. The summed E-state index contributed by atoms with van der Waals surface area (Å²) in [4.78, 5) is 0. The number of pyridine rings is 1. The van der Waals surface area contributed by atoms with E-state index in [-0.39, 0.29) is 0 Å². The van der Waals surface area contributed by atoms with Crippen LogP contribution in [0.25, 0.3) is 5.65 Å². The van der Waals surface area contributed by atoms with Crippen LogP contribution in [-0.2, 0) is 11.2 Å². The molecule has 2 N–H and O–H groups in total. The number of methoxy groups -OCH3 is 1. The lowest BCUT2D eigenvalue weighted by Gasteiger charge is -2.08. The van der Waals surface area contributed by atoms with Gasteiger partial charge in [0, 0.05) is 32.0 Å². The van der Waals surface area contributed by atoms with E-state index in [9.17, 15) is 0 Å². The first-order valence-electron chi connectivity index (χ1n) is 5.28. The molecule has 5 heteroatoms. The van der Waals surface area contributed by atoms with Gasteiger partial charge in [0.15, 0.2) is 5.65 Å². The monoisotopic (exact) mass is 220 g/mol. The van der Waals surface area contributed by atoms with Gasteiger partial charge in [-0.25, -0.2) is 0 Å². The van der Waals surface area contributed by atoms with Crippen LogP contribution in [0.5, 0.6) is 0 Å². The van der Waals surface area contributed by atoms with Crippen molar-refractivity contribution < 1.29 is 4.74 Å². The van der Waals surface area contributed by atoms with Gasteiger partial charge in [-0.1, -0.05) is 6.92 Å². The maximum Gasteiger partial charge on any atom is 0.160 e. The summed E-state index contributed by atoms with van der Waals surface area (Å²) in [5.41, 5.74) is 7.28. The van der Waals surface area contributed by atoms with Crippen LogP contribution in [0.1, 0.15) is 12.7 Å². The van der Waals surface area contributed by atoms with Gasteiger partial charge in [-0.3, -0.25) is 4.40 Å². The summed E-state index contributed by atoms with van der Waals surface area (Å²) in [5, 5.41) is 8.25. The summed E-state index contributed by atoms with van der Waals surface area (Å²) in [5.74, 6) is 1.34. The average molecular weight is 220 g/mol. The molecule has 0 fully saturated rings. The van der Waals surface area contributed by atoms with Crippen molar-refractivity contribution in [3.8, 4) is 0 Å². The van der Waals surface area contributed by atoms with Crippen LogP contribution in [0.2, 0.25) is 0 Å². The zero-order valence-corrected chi connectivity index (χ0v) is 9.55. The Bertz CT molecular complexity index is 480. The molecule has 0 aliphatic rings. The second kappa shape index (κ2) is 4.49. The highest BCUT2D eigenvalue weighted by molar-refractivity contribution is 5.47. The van der Waals surface area contributed by atoms with Crippen LogP contribution < -0.4 is 5.73 Å². The van der Waals surface area contributed by atoms with Crippen LogP contribution in [-0.4, -0.2) is 28.3 Å².